The van der Waals surface area contributed by atoms with E-state index in [0.29, 0.717) is 13.0 Å². The van der Waals surface area contributed by atoms with Crippen molar-refractivity contribution in [2.24, 2.45) is 17.8 Å². The van der Waals surface area contributed by atoms with Gasteiger partial charge < -0.3 is 15.3 Å². The van der Waals surface area contributed by atoms with Gasteiger partial charge in [0, 0.05) is 19.6 Å². The molecule has 1 heterocycles. The Morgan fingerprint density at radius 3 is 2.50 bits per heavy atom. The molecular weight excluding hydrogens is 277 g/mol. The van der Waals surface area contributed by atoms with Crippen LogP contribution in [-0.2, 0) is 4.79 Å². The van der Waals surface area contributed by atoms with Crippen molar-refractivity contribution in [3.05, 3.63) is 0 Å². The third-order valence-electron chi connectivity index (χ3n) is 3.41. The zero-order valence-electron chi connectivity index (χ0n) is 11.4. The van der Waals surface area contributed by atoms with Crippen LogP contribution in [0.15, 0.2) is 0 Å². The lowest BCUT2D eigenvalue weighted by molar-refractivity contribution is -0.167. The molecule has 0 saturated carbocycles. The maximum Gasteiger partial charge on any atom is 0.393 e. The monoisotopic (exact) mass is 296 g/mol. The van der Waals surface area contributed by atoms with Crippen LogP contribution in [0.4, 0.5) is 18.0 Å². The zero-order valence-corrected chi connectivity index (χ0v) is 11.4. The first-order valence-electron chi connectivity index (χ1n) is 6.43. The SMILES string of the molecule is CC1CC(C(=O)O)CN(C(=O)NCC(C)C(F)(F)F)C1. The van der Waals surface area contributed by atoms with Crippen molar-refractivity contribution >= 4 is 12.0 Å². The number of nitrogens with zero attached hydrogens (tertiary/aromatic N) is 1. The molecular formula is C12H19F3N2O3. The van der Waals surface area contributed by atoms with Crippen LogP contribution < -0.4 is 5.32 Å². The molecule has 3 unspecified atom stereocenters. The summed E-state index contributed by atoms with van der Waals surface area (Å²) in [4.78, 5) is 24.0. The van der Waals surface area contributed by atoms with Gasteiger partial charge in [-0.1, -0.05) is 13.8 Å². The highest BCUT2D eigenvalue weighted by atomic mass is 19.4. The highest BCUT2D eigenvalue weighted by Crippen LogP contribution is 2.25. The molecule has 0 radical (unpaired) electrons. The molecule has 116 valence electrons. The molecule has 2 amide bonds. The largest absolute Gasteiger partial charge is 0.481 e. The average molecular weight is 296 g/mol. The summed E-state index contributed by atoms with van der Waals surface area (Å²) in [6.45, 7) is 2.68. The Balaban J connectivity index is 2.52. The van der Waals surface area contributed by atoms with Gasteiger partial charge in [-0.2, -0.15) is 13.2 Å². The zero-order chi connectivity index (χ0) is 15.5. The van der Waals surface area contributed by atoms with E-state index in [1.54, 1.807) is 0 Å². The predicted molar refractivity (Wildman–Crippen MR) is 65.1 cm³/mol. The fraction of sp³-hybridized carbons (Fsp3) is 0.833. The number of alkyl halides is 3. The van der Waals surface area contributed by atoms with Crippen LogP contribution in [0.25, 0.3) is 0 Å². The van der Waals surface area contributed by atoms with Gasteiger partial charge in [0.2, 0.25) is 0 Å². The van der Waals surface area contributed by atoms with Gasteiger partial charge in [0.1, 0.15) is 0 Å². The third-order valence-corrected chi connectivity index (χ3v) is 3.41. The molecule has 20 heavy (non-hydrogen) atoms. The number of carbonyl (C=O) groups is 2. The van der Waals surface area contributed by atoms with E-state index < -0.39 is 36.6 Å². The molecule has 5 nitrogen and oxygen atoms in total. The average Bonchev–Trinajstić information content (AvgIpc) is 2.33. The van der Waals surface area contributed by atoms with Crippen molar-refractivity contribution in [1.82, 2.24) is 10.2 Å². The Kier molecular flexibility index (Phi) is 5.24. The van der Waals surface area contributed by atoms with Gasteiger partial charge in [-0.25, -0.2) is 4.79 Å². The third kappa shape index (κ3) is 4.57. The molecule has 1 fully saturated rings. The Morgan fingerprint density at radius 2 is 2.00 bits per heavy atom. The highest BCUT2D eigenvalue weighted by molar-refractivity contribution is 5.76. The van der Waals surface area contributed by atoms with Crippen LogP contribution >= 0.6 is 0 Å². The van der Waals surface area contributed by atoms with E-state index in [4.69, 9.17) is 5.11 Å². The van der Waals surface area contributed by atoms with Crippen molar-refractivity contribution in [2.75, 3.05) is 19.6 Å². The second-order valence-corrected chi connectivity index (χ2v) is 5.41. The van der Waals surface area contributed by atoms with E-state index in [1.165, 1.54) is 4.90 Å². The lowest BCUT2D eigenvalue weighted by Gasteiger charge is -2.34. The first-order valence-corrected chi connectivity index (χ1v) is 6.43. The molecule has 3 atom stereocenters. The van der Waals surface area contributed by atoms with E-state index in [-0.39, 0.29) is 12.5 Å². The fourth-order valence-corrected chi connectivity index (χ4v) is 2.16. The summed E-state index contributed by atoms with van der Waals surface area (Å²) in [7, 11) is 0. The van der Waals surface area contributed by atoms with Gasteiger partial charge in [-0.3, -0.25) is 4.79 Å². The number of carboxylic acids is 1. The van der Waals surface area contributed by atoms with Gasteiger partial charge in [0.05, 0.1) is 11.8 Å². The van der Waals surface area contributed by atoms with Crippen LogP contribution in [0.3, 0.4) is 0 Å². The Labute approximate surface area is 115 Å². The number of hydrogen-bond donors (Lipinski definition) is 2. The summed E-state index contributed by atoms with van der Waals surface area (Å²) in [6.07, 6.45) is -3.88. The van der Waals surface area contributed by atoms with Crippen molar-refractivity contribution in [3.63, 3.8) is 0 Å². The van der Waals surface area contributed by atoms with E-state index >= 15 is 0 Å². The molecule has 1 saturated heterocycles. The van der Waals surface area contributed by atoms with Gasteiger partial charge in [-0.15, -0.1) is 0 Å². The highest BCUT2D eigenvalue weighted by Gasteiger charge is 2.37. The van der Waals surface area contributed by atoms with Crippen LogP contribution in [0.5, 0.6) is 0 Å². The van der Waals surface area contributed by atoms with Gasteiger partial charge in [0.15, 0.2) is 0 Å². The Hall–Kier alpha value is -1.47. The molecule has 1 aliphatic rings. The van der Waals surface area contributed by atoms with Crippen molar-refractivity contribution in [1.29, 1.82) is 0 Å². The molecule has 8 heteroatoms. The normalized spacial score (nSPS) is 25.1. The van der Waals surface area contributed by atoms with E-state index in [1.807, 2.05) is 6.92 Å². The number of amides is 2. The van der Waals surface area contributed by atoms with Gasteiger partial charge >= 0.3 is 18.2 Å². The predicted octanol–water partition coefficient (Wildman–Crippen LogP) is 1.94. The molecule has 2 N–H and O–H groups in total. The van der Waals surface area contributed by atoms with Gasteiger partial charge in [0.25, 0.3) is 0 Å². The molecule has 0 spiro atoms. The summed E-state index contributed by atoms with van der Waals surface area (Å²) in [5.74, 6) is -3.28. The standard InChI is InChI=1S/C12H19F3N2O3/c1-7-3-9(10(18)19)6-17(5-7)11(20)16-4-8(2)12(13,14)15/h7-9H,3-6H2,1-2H3,(H,16,20)(H,18,19). The van der Waals surface area contributed by atoms with Crippen LogP contribution in [0.1, 0.15) is 20.3 Å². The molecule has 0 aromatic heterocycles. The number of carbonyl (C=O) groups excluding carboxylic acids is 1. The van der Waals surface area contributed by atoms with Crippen LogP contribution in [-0.4, -0.2) is 47.8 Å². The molecule has 1 rings (SSSR count). The Morgan fingerprint density at radius 1 is 1.40 bits per heavy atom. The maximum absolute atomic E-state index is 12.3. The number of urea groups is 1. The van der Waals surface area contributed by atoms with E-state index in [2.05, 4.69) is 5.32 Å². The smallest absolute Gasteiger partial charge is 0.393 e. The molecule has 0 aliphatic carbocycles. The summed E-state index contributed by atoms with van der Waals surface area (Å²) < 4.78 is 37.0. The van der Waals surface area contributed by atoms with E-state index in [0.717, 1.165) is 6.92 Å². The second kappa shape index (κ2) is 6.32. The maximum atomic E-state index is 12.3. The number of carboxylic acid groups (broad SMARTS) is 1. The molecule has 0 aromatic carbocycles. The van der Waals surface area contributed by atoms with Crippen LogP contribution in [0, 0.1) is 17.8 Å². The van der Waals surface area contributed by atoms with Crippen molar-refractivity contribution in [2.45, 2.75) is 26.4 Å². The first kappa shape index (κ1) is 16.6. The number of halogens is 3. The molecule has 0 bridgehead atoms. The number of aliphatic carboxylic acids is 1. The first-order chi connectivity index (χ1) is 9.11. The summed E-state index contributed by atoms with van der Waals surface area (Å²) in [5.41, 5.74) is 0. The lowest BCUT2D eigenvalue weighted by atomic mass is 9.91. The van der Waals surface area contributed by atoms with E-state index in [9.17, 15) is 22.8 Å². The fourth-order valence-electron chi connectivity index (χ4n) is 2.16. The molecule has 0 aromatic rings. The summed E-state index contributed by atoms with van der Waals surface area (Å²) in [5, 5.41) is 11.2. The second-order valence-electron chi connectivity index (χ2n) is 5.41. The number of piperidine rings is 1. The number of hydrogen-bond acceptors (Lipinski definition) is 2. The summed E-state index contributed by atoms with van der Waals surface area (Å²) >= 11 is 0. The Bertz CT molecular complexity index is 373. The van der Waals surface area contributed by atoms with Crippen molar-refractivity contribution in [3.8, 4) is 0 Å². The number of rotatable bonds is 3. The van der Waals surface area contributed by atoms with Gasteiger partial charge in [-0.05, 0) is 12.3 Å². The quantitative estimate of drug-likeness (QED) is 0.836. The topological polar surface area (TPSA) is 69.6 Å². The van der Waals surface area contributed by atoms with Crippen molar-refractivity contribution < 1.29 is 27.9 Å². The summed E-state index contributed by atoms with van der Waals surface area (Å²) in [6, 6.07) is -0.640. The minimum Gasteiger partial charge on any atom is -0.481 e. The lowest BCUT2D eigenvalue weighted by Crippen LogP contribution is -2.50. The number of nitrogens with one attached hydrogen (secondary N) is 1. The molecule has 1 aliphatic heterocycles. The minimum absolute atomic E-state index is 0.00985. The van der Waals surface area contributed by atoms with Crippen LogP contribution in [0.2, 0.25) is 0 Å². The minimum atomic E-state index is -4.36. The number of likely N-dealkylation sites (tertiary alicyclic amines) is 1.